The van der Waals surface area contributed by atoms with Crippen molar-refractivity contribution in [3.63, 3.8) is 0 Å². The van der Waals surface area contributed by atoms with Gasteiger partial charge in [0.05, 0.1) is 21.5 Å². The highest BCUT2D eigenvalue weighted by Crippen LogP contribution is 2.38. The largest absolute Gasteiger partial charge is 0.431 e. The van der Waals surface area contributed by atoms with Gasteiger partial charge in [-0.1, -0.05) is 41.1 Å². The van der Waals surface area contributed by atoms with E-state index in [4.69, 9.17) is 16.3 Å². The number of ether oxygens (including phenoxy) is 1. The van der Waals surface area contributed by atoms with Gasteiger partial charge in [-0.15, -0.1) is 0 Å². The zero-order valence-corrected chi connectivity index (χ0v) is 19.5. The van der Waals surface area contributed by atoms with Gasteiger partial charge in [-0.05, 0) is 55.5 Å². The number of aromatic nitrogens is 1. The number of thiazole rings is 1. The van der Waals surface area contributed by atoms with E-state index >= 15 is 0 Å². The van der Waals surface area contributed by atoms with Crippen LogP contribution in [0.1, 0.15) is 31.2 Å². The van der Waals surface area contributed by atoms with Crippen molar-refractivity contribution in [3.05, 3.63) is 53.1 Å². The summed E-state index contributed by atoms with van der Waals surface area (Å²) in [6.07, 6.45) is 5.27. The summed E-state index contributed by atoms with van der Waals surface area (Å²) in [5.41, 5.74) is 2.07. The molecule has 2 aliphatic heterocycles. The van der Waals surface area contributed by atoms with E-state index in [9.17, 15) is 8.42 Å². The third-order valence-corrected chi connectivity index (χ3v) is 8.28. The maximum absolute atomic E-state index is 11.6. The van der Waals surface area contributed by atoms with Crippen molar-refractivity contribution in [1.82, 2.24) is 14.6 Å². The number of benzene rings is 2. The quantitative estimate of drug-likeness (QED) is 0.552. The van der Waals surface area contributed by atoms with Gasteiger partial charge in [0.1, 0.15) is 5.75 Å². The van der Waals surface area contributed by atoms with E-state index < -0.39 is 10.0 Å². The van der Waals surface area contributed by atoms with Crippen molar-refractivity contribution in [3.8, 4) is 10.9 Å². The number of fused-ring (bicyclic) bond motifs is 3. The van der Waals surface area contributed by atoms with Gasteiger partial charge in [-0.25, -0.2) is 18.1 Å². The third kappa shape index (κ3) is 4.73. The van der Waals surface area contributed by atoms with Crippen LogP contribution in [0.2, 0.25) is 5.02 Å². The van der Waals surface area contributed by atoms with Gasteiger partial charge in [0.2, 0.25) is 10.0 Å². The lowest BCUT2D eigenvalue weighted by atomic mass is 9.97. The normalized spacial score (nSPS) is 24.0. The molecule has 0 unspecified atom stereocenters. The molecule has 2 bridgehead atoms. The average molecular weight is 478 g/mol. The zero-order chi connectivity index (χ0) is 21.6. The molecule has 2 saturated heterocycles. The molecule has 31 heavy (non-hydrogen) atoms. The molecule has 1 aromatic heterocycles. The van der Waals surface area contributed by atoms with E-state index in [-0.39, 0.29) is 6.04 Å². The van der Waals surface area contributed by atoms with Crippen LogP contribution in [0, 0.1) is 0 Å². The Morgan fingerprint density at radius 3 is 2.52 bits per heavy atom. The zero-order valence-electron chi connectivity index (χ0n) is 17.1. The van der Waals surface area contributed by atoms with E-state index in [1.54, 1.807) is 0 Å². The Bertz CT molecular complexity index is 1180. The molecule has 1 N–H and O–H groups in total. The molecule has 0 radical (unpaired) electrons. The summed E-state index contributed by atoms with van der Waals surface area (Å²) in [6, 6.07) is 14.7. The standard InChI is InChI=1S/C22H24ClN3O3S2/c1-31(27,28)25-15-11-16-7-8-17(12-15)26(16)13-14-5-9-18(10-6-14)29-22-24-20-4-2-3-19(23)21(20)30-22/h2-6,9-10,15-17,25H,7-8,11-13H2,1H3/t15-,16-,17+. The molecule has 2 aliphatic rings. The molecule has 3 atom stereocenters. The SMILES string of the molecule is CS(=O)(=O)N[C@@H]1C[C@H]2CC[C@@H](C1)N2Cc1ccc(Oc2nc3cccc(Cl)c3s2)cc1. The van der Waals surface area contributed by atoms with E-state index in [1.807, 2.05) is 30.3 Å². The molecular formula is C22H24ClN3O3S2. The van der Waals surface area contributed by atoms with Gasteiger partial charge in [0, 0.05) is 24.7 Å². The summed E-state index contributed by atoms with van der Waals surface area (Å²) >= 11 is 7.67. The second-order valence-corrected chi connectivity index (χ2v) is 11.6. The molecule has 2 aromatic carbocycles. The van der Waals surface area contributed by atoms with Gasteiger partial charge in [-0.2, -0.15) is 0 Å². The van der Waals surface area contributed by atoms with Gasteiger partial charge >= 0.3 is 0 Å². The monoisotopic (exact) mass is 477 g/mol. The molecule has 9 heteroatoms. The second kappa shape index (κ2) is 8.33. The van der Waals surface area contributed by atoms with Crippen molar-refractivity contribution in [2.75, 3.05) is 6.26 Å². The van der Waals surface area contributed by atoms with Gasteiger partial charge in [-0.3, -0.25) is 4.90 Å². The molecule has 0 saturated carbocycles. The Labute approximate surface area is 191 Å². The summed E-state index contributed by atoms with van der Waals surface area (Å²) in [4.78, 5) is 7.03. The summed E-state index contributed by atoms with van der Waals surface area (Å²) in [5, 5.41) is 1.26. The smallest absolute Gasteiger partial charge is 0.279 e. The number of nitrogens with one attached hydrogen (secondary N) is 1. The van der Waals surface area contributed by atoms with Crippen LogP contribution < -0.4 is 9.46 Å². The van der Waals surface area contributed by atoms with Crippen molar-refractivity contribution in [2.45, 2.75) is 50.4 Å². The number of rotatable bonds is 6. The third-order valence-electron chi connectivity index (χ3n) is 6.11. The predicted octanol–water partition coefficient (Wildman–Crippen LogP) is 4.79. The molecule has 0 spiro atoms. The Balaban J connectivity index is 1.23. The highest BCUT2D eigenvalue weighted by Gasteiger charge is 2.41. The van der Waals surface area contributed by atoms with E-state index in [0.717, 1.165) is 48.2 Å². The molecule has 2 fully saturated rings. The van der Waals surface area contributed by atoms with E-state index in [1.165, 1.54) is 23.2 Å². The first kappa shape index (κ1) is 21.2. The van der Waals surface area contributed by atoms with E-state index in [0.29, 0.717) is 22.3 Å². The van der Waals surface area contributed by atoms with Crippen molar-refractivity contribution < 1.29 is 13.2 Å². The van der Waals surface area contributed by atoms with Crippen LogP contribution in [0.4, 0.5) is 0 Å². The van der Waals surface area contributed by atoms with Crippen LogP contribution in [0.3, 0.4) is 0 Å². The Hall–Kier alpha value is -1.71. The summed E-state index contributed by atoms with van der Waals surface area (Å²) in [6.45, 7) is 0.873. The first-order valence-electron chi connectivity index (χ1n) is 10.4. The summed E-state index contributed by atoms with van der Waals surface area (Å²) in [5.74, 6) is 0.748. The molecule has 0 amide bonds. The maximum Gasteiger partial charge on any atom is 0.279 e. The van der Waals surface area contributed by atoms with Crippen molar-refractivity contribution in [2.24, 2.45) is 0 Å². The summed E-state index contributed by atoms with van der Waals surface area (Å²) in [7, 11) is -3.16. The lowest BCUT2D eigenvalue weighted by Gasteiger charge is -2.39. The number of halogens is 1. The molecular weight excluding hydrogens is 454 g/mol. The lowest BCUT2D eigenvalue weighted by Crippen LogP contribution is -2.49. The minimum Gasteiger partial charge on any atom is -0.431 e. The predicted molar refractivity (Wildman–Crippen MR) is 125 cm³/mol. The van der Waals surface area contributed by atoms with Crippen LogP contribution in [-0.2, 0) is 16.6 Å². The number of piperidine rings is 1. The van der Waals surface area contributed by atoms with E-state index in [2.05, 4.69) is 26.7 Å². The molecule has 6 nitrogen and oxygen atoms in total. The fourth-order valence-corrected chi connectivity index (χ4v) is 6.77. The average Bonchev–Trinajstić information content (AvgIpc) is 3.21. The van der Waals surface area contributed by atoms with Crippen LogP contribution in [-0.4, -0.2) is 42.7 Å². The number of hydrogen-bond acceptors (Lipinski definition) is 6. The molecule has 0 aliphatic carbocycles. The summed E-state index contributed by atoms with van der Waals surface area (Å²) < 4.78 is 32.9. The minimum atomic E-state index is -3.16. The van der Waals surface area contributed by atoms with Gasteiger partial charge < -0.3 is 4.74 Å². The minimum absolute atomic E-state index is 0.0573. The fraction of sp³-hybridized carbons (Fsp3) is 0.409. The van der Waals surface area contributed by atoms with Crippen LogP contribution in [0.25, 0.3) is 10.2 Å². The molecule has 3 heterocycles. The highest BCUT2D eigenvalue weighted by atomic mass is 35.5. The van der Waals surface area contributed by atoms with Crippen LogP contribution in [0.15, 0.2) is 42.5 Å². The first-order valence-corrected chi connectivity index (χ1v) is 13.5. The Kier molecular flexibility index (Phi) is 5.68. The van der Waals surface area contributed by atoms with Crippen LogP contribution >= 0.6 is 22.9 Å². The van der Waals surface area contributed by atoms with Crippen molar-refractivity contribution >= 4 is 43.2 Å². The Morgan fingerprint density at radius 2 is 1.87 bits per heavy atom. The molecule has 5 rings (SSSR count). The molecule has 3 aromatic rings. The second-order valence-electron chi connectivity index (χ2n) is 8.43. The molecule has 164 valence electrons. The maximum atomic E-state index is 11.6. The first-order chi connectivity index (χ1) is 14.8. The lowest BCUT2D eigenvalue weighted by molar-refractivity contribution is 0.116. The topological polar surface area (TPSA) is 71.5 Å². The van der Waals surface area contributed by atoms with Gasteiger partial charge in [0.15, 0.2) is 0 Å². The van der Waals surface area contributed by atoms with Crippen LogP contribution in [0.5, 0.6) is 10.9 Å². The fourth-order valence-electron chi connectivity index (χ4n) is 4.84. The number of sulfonamides is 1. The van der Waals surface area contributed by atoms with Crippen molar-refractivity contribution in [1.29, 1.82) is 0 Å². The van der Waals surface area contributed by atoms with Gasteiger partial charge in [0.25, 0.3) is 5.19 Å². The Morgan fingerprint density at radius 1 is 1.16 bits per heavy atom. The number of hydrogen-bond donors (Lipinski definition) is 1. The highest BCUT2D eigenvalue weighted by molar-refractivity contribution is 7.88. The number of nitrogens with zero attached hydrogens (tertiary/aromatic N) is 2.